The predicted octanol–water partition coefficient (Wildman–Crippen LogP) is 0.867. The Morgan fingerprint density at radius 1 is 1.06 bits per heavy atom. The van der Waals surface area contributed by atoms with Crippen LogP contribution in [0.25, 0.3) is 0 Å². The summed E-state index contributed by atoms with van der Waals surface area (Å²) in [6.07, 6.45) is 5.54. The van der Waals surface area contributed by atoms with E-state index in [9.17, 15) is 0 Å². The molecule has 0 bridgehead atoms. The Kier molecular flexibility index (Phi) is 6.27. The molecule has 0 amide bonds. The van der Waals surface area contributed by atoms with Gasteiger partial charge in [0.25, 0.3) is 0 Å². The summed E-state index contributed by atoms with van der Waals surface area (Å²) in [4.78, 5) is 2.47. The maximum absolute atomic E-state index is 5.71. The van der Waals surface area contributed by atoms with Gasteiger partial charge in [-0.05, 0) is 32.2 Å². The van der Waals surface area contributed by atoms with Crippen LogP contribution in [-0.4, -0.2) is 63.5 Å². The molecule has 0 aromatic rings. The standard InChI is InChI=1S/C13H26N2O2/c1-2-10-17-13(3-1)4-5-14-6-7-15-8-11-16-12-9-15/h13-14H,1-12H2. The van der Waals surface area contributed by atoms with Gasteiger partial charge in [0, 0.05) is 32.8 Å². The van der Waals surface area contributed by atoms with Crippen LogP contribution in [0.1, 0.15) is 25.7 Å². The Balaban J connectivity index is 1.42. The number of nitrogens with zero attached hydrogens (tertiary/aromatic N) is 1. The summed E-state index contributed by atoms with van der Waals surface area (Å²) in [5, 5.41) is 3.52. The maximum atomic E-state index is 5.71. The molecule has 0 aromatic heterocycles. The molecule has 2 saturated heterocycles. The van der Waals surface area contributed by atoms with E-state index in [1.807, 2.05) is 0 Å². The largest absolute Gasteiger partial charge is 0.379 e. The van der Waals surface area contributed by atoms with Crippen molar-refractivity contribution in [1.29, 1.82) is 0 Å². The number of hydrogen-bond acceptors (Lipinski definition) is 4. The van der Waals surface area contributed by atoms with Crippen molar-refractivity contribution in [3.8, 4) is 0 Å². The van der Waals surface area contributed by atoms with Gasteiger partial charge in [0.2, 0.25) is 0 Å². The number of hydrogen-bond donors (Lipinski definition) is 1. The molecule has 0 radical (unpaired) electrons. The number of morpholine rings is 1. The van der Waals surface area contributed by atoms with Gasteiger partial charge in [0.15, 0.2) is 0 Å². The Hall–Kier alpha value is -0.160. The van der Waals surface area contributed by atoms with E-state index in [1.165, 1.54) is 25.7 Å². The van der Waals surface area contributed by atoms with Gasteiger partial charge in [-0.3, -0.25) is 4.90 Å². The first-order valence-electron chi connectivity index (χ1n) is 7.07. The molecule has 2 fully saturated rings. The first-order valence-corrected chi connectivity index (χ1v) is 7.07. The highest BCUT2D eigenvalue weighted by atomic mass is 16.5. The fraction of sp³-hybridized carbons (Fsp3) is 1.00. The lowest BCUT2D eigenvalue weighted by atomic mass is 10.1. The minimum Gasteiger partial charge on any atom is -0.379 e. The molecule has 0 aliphatic carbocycles. The van der Waals surface area contributed by atoms with Crippen LogP contribution in [-0.2, 0) is 9.47 Å². The van der Waals surface area contributed by atoms with Crippen LogP contribution in [0.5, 0.6) is 0 Å². The normalized spacial score (nSPS) is 27.2. The molecule has 2 rings (SSSR count). The van der Waals surface area contributed by atoms with Gasteiger partial charge in [-0.25, -0.2) is 0 Å². The third kappa shape index (κ3) is 5.34. The van der Waals surface area contributed by atoms with Crippen molar-refractivity contribution in [2.75, 3.05) is 52.5 Å². The fourth-order valence-electron chi connectivity index (χ4n) is 2.49. The van der Waals surface area contributed by atoms with Gasteiger partial charge in [0.05, 0.1) is 19.3 Å². The molecule has 1 unspecified atom stereocenters. The number of rotatable bonds is 6. The van der Waals surface area contributed by atoms with Crippen LogP contribution < -0.4 is 5.32 Å². The predicted molar refractivity (Wildman–Crippen MR) is 68.3 cm³/mol. The Morgan fingerprint density at radius 2 is 1.94 bits per heavy atom. The first kappa shape index (κ1) is 13.3. The molecule has 2 aliphatic rings. The van der Waals surface area contributed by atoms with Crippen molar-refractivity contribution in [1.82, 2.24) is 10.2 Å². The molecule has 4 nitrogen and oxygen atoms in total. The summed E-state index contributed by atoms with van der Waals surface area (Å²) in [5.41, 5.74) is 0. The minimum absolute atomic E-state index is 0.514. The lowest BCUT2D eigenvalue weighted by molar-refractivity contribution is 0.0112. The van der Waals surface area contributed by atoms with Crippen LogP contribution in [0.3, 0.4) is 0 Å². The summed E-state index contributed by atoms with van der Waals surface area (Å²) in [5.74, 6) is 0. The summed E-state index contributed by atoms with van der Waals surface area (Å²) < 4.78 is 11.0. The van der Waals surface area contributed by atoms with E-state index in [0.29, 0.717) is 6.10 Å². The van der Waals surface area contributed by atoms with Crippen molar-refractivity contribution in [2.45, 2.75) is 31.8 Å². The smallest absolute Gasteiger partial charge is 0.0594 e. The fourth-order valence-corrected chi connectivity index (χ4v) is 2.49. The summed E-state index contributed by atoms with van der Waals surface area (Å²) >= 11 is 0. The van der Waals surface area contributed by atoms with Crippen molar-refractivity contribution < 1.29 is 9.47 Å². The van der Waals surface area contributed by atoms with Crippen molar-refractivity contribution in [2.24, 2.45) is 0 Å². The van der Waals surface area contributed by atoms with Crippen LogP contribution in [0.15, 0.2) is 0 Å². The highest BCUT2D eigenvalue weighted by Crippen LogP contribution is 2.14. The molecule has 100 valence electrons. The van der Waals surface area contributed by atoms with Gasteiger partial charge in [-0.2, -0.15) is 0 Å². The molecule has 0 spiro atoms. The maximum Gasteiger partial charge on any atom is 0.0594 e. The highest BCUT2D eigenvalue weighted by molar-refractivity contribution is 4.66. The van der Waals surface area contributed by atoms with E-state index >= 15 is 0 Å². The van der Waals surface area contributed by atoms with Crippen LogP contribution in [0.4, 0.5) is 0 Å². The second-order valence-electron chi connectivity index (χ2n) is 4.98. The van der Waals surface area contributed by atoms with Crippen LogP contribution in [0.2, 0.25) is 0 Å². The van der Waals surface area contributed by atoms with E-state index in [0.717, 1.165) is 52.5 Å². The highest BCUT2D eigenvalue weighted by Gasteiger charge is 2.13. The Labute approximate surface area is 105 Å². The van der Waals surface area contributed by atoms with E-state index < -0.39 is 0 Å². The van der Waals surface area contributed by atoms with Gasteiger partial charge in [0.1, 0.15) is 0 Å². The van der Waals surface area contributed by atoms with Crippen molar-refractivity contribution in [3.63, 3.8) is 0 Å². The molecule has 0 aromatic carbocycles. The van der Waals surface area contributed by atoms with Gasteiger partial charge < -0.3 is 14.8 Å². The minimum atomic E-state index is 0.514. The summed E-state index contributed by atoms with van der Waals surface area (Å²) in [6.45, 7) is 8.28. The second kappa shape index (κ2) is 8.03. The molecule has 17 heavy (non-hydrogen) atoms. The van der Waals surface area contributed by atoms with E-state index in [4.69, 9.17) is 9.47 Å². The molecular weight excluding hydrogens is 216 g/mol. The van der Waals surface area contributed by atoms with Crippen molar-refractivity contribution in [3.05, 3.63) is 0 Å². The zero-order valence-electron chi connectivity index (χ0n) is 10.8. The second-order valence-corrected chi connectivity index (χ2v) is 4.98. The molecule has 2 aliphatic heterocycles. The lowest BCUT2D eigenvalue weighted by Crippen LogP contribution is -2.40. The number of nitrogens with one attached hydrogen (secondary N) is 1. The zero-order valence-corrected chi connectivity index (χ0v) is 10.8. The summed E-state index contributed by atoms with van der Waals surface area (Å²) in [7, 11) is 0. The topological polar surface area (TPSA) is 33.7 Å². The third-order valence-electron chi connectivity index (χ3n) is 3.63. The number of ether oxygens (including phenoxy) is 2. The zero-order chi connectivity index (χ0) is 11.8. The van der Waals surface area contributed by atoms with Gasteiger partial charge in [-0.15, -0.1) is 0 Å². The quantitative estimate of drug-likeness (QED) is 0.701. The third-order valence-corrected chi connectivity index (χ3v) is 3.63. The first-order chi connectivity index (χ1) is 8.45. The van der Waals surface area contributed by atoms with E-state index in [1.54, 1.807) is 0 Å². The molecular formula is C13H26N2O2. The average molecular weight is 242 g/mol. The molecule has 2 heterocycles. The van der Waals surface area contributed by atoms with Crippen LogP contribution in [0, 0.1) is 0 Å². The molecule has 1 N–H and O–H groups in total. The molecule has 1 atom stereocenters. The molecule has 0 saturated carbocycles. The van der Waals surface area contributed by atoms with Gasteiger partial charge >= 0.3 is 0 Å². The van der Waals surface area contributed by atoms with E-state index in [2.05, 4.69) is 10.2 Å². The van der Waals surface area contributed by atoms with Crippen LogP contribution >= 0.6 is 0 Å². The average Bonchev–Trinajstić information content (AvgIpc) is 2.41. The SMILES string of the molecule is C1CCC(CCNCCN2CCOCC2)OC1. The van der Waals surface area contributed by atoms with Gasteiger partial charge in [-0.1, -0.05) is 0 Å². The van der Waals surface area contributed by atoms with E-state index in [-0.39, 0.29) is 0 Å². The Morgan fingerprint density at radius 3 is 2.71 bits per heavy atom. The summed E-state index contributed by atoms with van der Waals surface area (Å²) in [6, 6.07) is 0. The van der Waals surface area contributed by atoms with Crippen molar-refractivity contribution >= 4 is 0 Å². The monoisotopic (exact) mass is 242 g/mol. The molecule has 4 heteroatoms. The lowest BCUT2D eigenvalue weighted by Gasteiger charge is -2.27. The Bertz CT molecular complexity index is 170.